The van der Waals surface area contributed by atoms with Crippen molar-refractivity contribution in [2.45, 2.75) is 287 Å². The number of carbonyl (C=O) groups excluding carboxylic acids is 1. The third-order valence-corrected chi connectivity index (χ3v) is 13.5. The summed E-state index contributed by atoms with van der Waals surface area (Å²) in [5, 5.41) is 72.2. The fourth-order valence-electron chi connectivity index (χ4n) is 8.90. The number of unbranched alkanes of at least 4 members (excludes halogenated alkanes) is 27. The molecule has 0 saturated carbocycles. The van der Waals surface area contributed by atoms with Crippen LogP contribution in [-0.2, 0) is 33.2 Å². The second kappa shape index (κ2) is 42.9. The van der Waals surface area contributed by atoms with Crippen LogP contribution in [0.3, 0.4) is 0 Å². The molecule has 0 aromatic rings. The van der Waals surface area contributed by atoms with Crippen molar-refractivity contribution in [1.29, 1.82) is 0 Å². The van der Waals surface area contributed by atoms with Crippen LogP contribution in [0.5, 0.6) is 0 Å². The maximum Gasteiger partial charge on any atom is 0.306 e. The van der Waals surface area contributed by atoms with Crippen molar-refractivity contribution in [1.82, 2.24) is 0 Å². The minimum absolute atomic E-state index is 0.0616. The van der Waals surface area contributed by atoms with E-state index >= 15 is 0 Å². The van der Waals surface area contributed by atoms with Gasteiger partial charge in [0, 0.05) is 13.0 Å². The Hall–Kier alpha value is -1.53. The first-order valence-corrected chi connectivity index (χ1v) is 27.9. The van der Waals surface area contributed by atoms with Crippen LogP contribution < -0.4 is 0 Å². The molecule has 0 radical (unpaired) electrons. The largest absolute Gasteiger partial charge is 0.457 e. The second-order valence-corrected chi connectivity index (χ2v) is 19.8. The highest BCUT2D eigenvalue weighted by molar-refractivity contribution is 5.69. The molecule has 0 aromatic carbocycles. The topological polar surface area (TPSA) is 214 Å². The number of allylic oxidation sites excluding steroid dienone is 4. The predicted molar refractivity (Wildman–Crippen MR) is 270 cm³/mol. The van der Waals surface area contributed by atoms with Gasteiger partial charge in [-0.3, -0.25) is 4.79 Å². The normalized spacial score (nSPS) is 25.8. The molecule has 2 aliphatic heterocycles. The van der Waals surface area contributed by atoms with Gasteiger partial charge in [0.05, 0.1) is 26.4 Å². The lowest BCUT2D eigenvalue weighted by Gasteiger charge is -2.42. The Bertz CT molecular complexity index is 1240. The number of rotatable bonds is 45. The maximum atomic E-state index is 13.0. The fraction of sp³-hybridized carbons (Fsp3) is 0.909. The summed E-state index contributed by atoms with van der Waals surface area (Å²) in [7, 11) is 0. The lowest BCUT2D eigenvalue weighted by atomic mass is 9.98. The van der Waals surface area contributed by atoms with E-state index in [9.17, 15) is 40.5 Å². The molecule has 2 rings (SSSR count). The minimum atomic E-state index is -1.70. The number of hydrogen-bond donors (Lipinski definition) is 7. The lowest BCUT2D eigenvalue weighted by molar-refractivity contribution is -0.332. The van der Waals surface area contributed by atoms with Gasteiger partial charge in [-0.25, -0.2) is 0 Å². The van der Waals surface area contributed by atoms with E-state index in [1.54, 1.807) is 0 Å². The Labute approximate surface area is 417 Å². The Morgan fingerprint density at radius 3 is 1.42 bits per heavy atom. The first-order valence-electron chi connectivity index (χ1n) is 27.9. The zero-order valence-electron chi connectivity index (χ0n) is 43.3. The molecule has 14 nitrogen and oxygen atoms in total. The van der Waals surface area contributed by atoms with E-state index < -0.39 is 80.7 Å². The number of ether oxygens (including phenoxy) is 6. The standard InChI is InChI=1S/C55H102O14/c1-3-5-7-9-11-13-15-17-19-21-23-25-27-29-31-33-35-37-39-64-41-44(67-47(57)38-36-34-32-30-28-26-24-22-20-18-16-14-12-10-8-6-4-2)42-65-54-53(63)51(61)49(59)46(69-54)43-66-55-52(62)50(60)48(58)45(40-56)68-55/h11,13,17,19,44-46,48-56,58-63H,3-10,12,14-16,18,20-43H2,1-2H3/b13-11-,19-17-. The van der Waals surface area contributed by atoms with Gasteiger partial charge in [0.25, 0.3) is 0 Å². The third-order valence-electron chi connectivity index (χ3n) is 13.5. The van der Waals surface area contributed by atoms with Gasteiger partial charge >= 0.3 is 5.97 Å². The number of carbonyl (C=O) groups is 1. The van der Waals surface area contributed by atoms with Crippen molar-refractivity contribution in [2.24, 2.45) is 0 Å². The summed E-state index contributed by atoms with van der Waals surface area (Å²) in [5.41, 5.74) is 0. The summed E-state index contributed by atoms with van der Waals surface area (Å²) in [6.07, 6.45) is 30.9. The van der Waals surface area contributed by atoms with Gasteiger partial charge in [-0.05, 0) is 44.9 Å². The van der Waals surface area contributed by atoms with E-state index in [2.05, 4.69) is 38.2 Å². The van der Waals surface area contributed by atoms with Crippen LogP contribution in [0.15, 0.2) is 24.3 Å². The number of aliphatic hydroxyl groups excluding tert-OH is 7. The predicted octanol–water partition coefficient (Wildman–Crippen LogP) is 9.19. The van der Waals surface area contributed by atoms with Crippen LogP contribution in [0.2, 0.25) is 0 Å². The molecule has 2 saturated heterocycles. The van der Waals surface area contributed by atoms with Crippen molar-refractivity contribution in [2.75, 3.05) is 33.0 Å². The highest BCUT2D eigenvalue weighted by atomic mass is 16.7. The summed E-state index contributed by atoms with van der Waals surface area (Å²) in [6, 6.07) is 0. The Morgan fingerprint density at radius 1 is 0.478 bits per heavy atom. The molecule has 69 heavy (non-hydrogen) atoms. The molecule has 11 unspecified atom stereocenters. The zero-order valence-corrected chi connectivity index (χ0v) is 43.3. The van der Waals surface area contributed by atoms with Crippen LogP contribution in [0.25, 0.3) is 0 Å². The van der Waals surface area contributed by atoms with Gasteiger partial charge in [0.2, 0.25) is 0 Å². The molecule has 0 aliphatic carbocycles. The van der Waals surface area contributed by atoms with E-state index in [0.717, 1.165) is 51.4 Å². The molecule has 0 amide bonds. The quantitative estimate of drug-likeness (QED) is 0.0172. The zero-order chi connectivity index (χ0) is 50.2. The van der Waals surface area contributed by atoms with Gasteiger partial charge in [-0.2, -0.15) is 0 Å². The maximum absolute atomic E-state index is 13.0. The highest BCUT2D eigenvalue weighted by Crippen LogP contribution is 2.27. The molecule has 2 heterocycles. The first-order chi connectivity index (χ1) is 33.6. The number of esters is 1. The molecule has 0 aromatic heterocycles. The Kier molecular flexibility index (Phi) is 39.6. The van der Waals surface area contributed by atoms with Crippen LogP contribution >= 0.6 is 0 Å². The van der Waals surface area contributed by atoms with Crippen molar-refractivity contribution in [3.05, 3.63) is 24.3 Å². The van der Waals surface area contributed by atoms with E-state index in [1.807, 2.05) is 0 Å². The van der Waals surface area contributed by atoms with Gasteiger partial charge < -0.3 is 64.2 Å². The highest BCUT2D eigenvalue weighted by Gasteiger charge is 2.47. The van der Waals surface area contributed by atoms with Gasteiger partial charge in [-0.15, -0.1) is 0 Å². The van der Waals surface area contributed by atoms with Crippen LogP contribution in [-0.4, -0.2) is 142 Å². The minimum Gasteiger partial charge on any atom is -0.457 e. The summed E-state index contributed by atoms with van der Waals surface area (Å²) in [4.78, 5) is 13.0. The molecule has 0 bridgehead atoms. The van der Waals surface area contributed by atoms with Crippen molar-refractivity contribution in [3.63, 3.8) is 0 Å². The molecule has 2 aliphatic rings. The summed E-state index contributed by atoms with van der Waals surface area (Å²) < 4.78 is 34.4. The molecule has 14 heteroatoms. The monoisotopic (exact) mass is 987 g/mol. The SMILES string of the molecule is CCCCC/C=C\C/C=C\CCCCCCCCCCOCC(COC1OC(COC2OC(CO)C(O)C(O)C2O)C(O)C(O)C1O)OC(=O)CCCCCCCCCCCCCCCCCCC. The summed E-state index contributed by atoms with van der Waals surface area (Å²) in [6.45, 7) is 3.69. The molecule has 0 spiro atoms. The van der Waals surface area contributed by atoms with E-state index in [-0.39, 0.29) is 25.6 Å². The molecule has 7 N–H and O–H groups in total. The summed E-state index contributed by atoms with van der Waals surface area (Å²) >= 11 is 0. The second-order valence-electron chi connectivity index (χ2n) is 19.8. The molecule has 406 valence electrons. The molecule has 2 fully saturated rings. The molecular formula is C55H102O14. The number of aliphatic hydroxyl groups is 7. The van der Waals surface area contributed by atoms with Crippen LogP contribution in [0.4, 0.5) is 0 Å². The van der Waals surface area contributed by atoms with Crippen molar-refractivity contribution >= 4 is 5.97 Å². The van der Waals surface area contributed by atoms with Crippen LogP contribution in [0, 0.1) is 0 Å². The van der Waals surface area contributed by atoms with Crippen molar-refractivity contribution < 1.29 is 69.0 Å². The molecular weight excluding hydrogens is 885 g/mol. The Morgan fingerprint density at radius 2 is 0.899 bits per heavy atom. The van der Waals surface area contributed by atoms with E-state index in [4.69, 9.17) is 28.4 Å². The average molecular weight is 987 g/mol. The van der Waals surface area contributed by atoms with E-state index in [1.165, 1.54) is 141 Å². The first kappa shape index (κ1) is 63.6. The van der Waals surface area contributed by atoms with Gasteiger partial charge in [-0.1, -0.05) is 192 Å². The molecule has 11 atom stereocenters. The number of hydrogen-bond acceptors (Lipinski definition) is 14. The lowest BCUT2D eigenvalue weighted by Crippen LogP contribution is -2.61. The van der Waals surface area contributed by atoms with Crippen molar-refractivity contribution in [3.8, 4) is 0 Å². The van der Waals surface area contributed by atoms with E-state index in [0.29, 0.717) is 13.0 Å². The average Bonchev–Trinajstić information content (AvgIpc) is 3.35. The smallest absolute Gasteiger partial charge is 0.306 e. The van der Waals surface area contributed by atoms with Gasteiger partial charge in [0.15, 0.2) is 12.6 Å². The fourth-order valence-corrected chi connectivity index (χ4v) is 8.90. The van der Waals surface area contributed by atoms with Crippen LogP contribution in [0.1, 0.15) is 219 Å². The Balaban J connectivity index is 1.74. The summed E-state index contributed by atoms with van der Waals surface area (Å²) in [5.74, 6) is -0.374. The third kappa shape index (κ3) is 30.3. The van der Waals surface area contributed by atoms with Gasteiger partial charge in [0.1, 0.15) is 54.9 Å².